The first-order valence-corrected chi connectivity index (χ1v) is 9.95. The molecule has 2 aliphatic rings. The summed E-state index contributed by atoms with van der Waals surface area (Å²) in [5, 5.41) is 2.98. The molecule has 1 atom stereocenters. The van der Waals surface area contributed by atoms with E-state index >= 15 is 0 Å². The van der Waals surface area contributed by atoms with E-state index in [0.29, 0.717) is 26.4 Å². The monoisotopic (exact) mass is 373 g/mol. The Morgan fingerprint density at radius 1 is 1.35 bits per heavy atom. The zero-order valence-corrected chi connectivity index (χ0v) is 15.5. The van der Waals surface area contributed by atoms with Crippen molar-refractivity contribution >= 4 is 17.2 Å². The Morgan fingerprint density at radius 3 is 3.15 bits per heavy atom. The Hall–Kier alpha value is -1.89. The highest BCUT2D eigenvalue weighted by molar-refractivity contribution is 7.17. The molecule has 3 heterocycles. The van der Waals surface area contributed by atoms with Crippen molar-refractivity contribution in [3.63, 3.8) is 0 Å². The molecule has 1 N–H and O–H groups in total. The van der Waals surface area contributed by atoms with Crippen LogP contribution in [0.4, 0.5) is 0 Å². The van der Waals surface area contributed by atoms with Crippen LogP contribution in [0.15, 0.2) is 30.3 Å². The fourth-order valence-corrected chi connectivity index (χ4v) is 4.38. The predicted octanol–water partition coefficient (Wildman–Crippen LogP) is 3.62. The minimum Gasteiger partial charge on any atom is -0.488 e. The number of rotatable bonds is 7. The van der Waals surface area contributed by atoms with Gasteiger partial charge in [-0.05, 0) is 37.5 Å². The van der Waals surface area contributed by atoms with E-state index in [-0.39, 0.29) is 12.0 Å². The smallest absolute Gasteiger partial charge is 0.261 e. The van der Waals surface area contributed by atoms with Crippen molar-refractivity contribution in [3.05, 3.63) is 40.8 Å². The van der Waals surface area contributed by atoms with Gasteiger partial charge in [0, 0.05) is 35.8 Å². The normalized spacial score (nSPS) is 18.1. The molecule has 4 rings (SSSR count). The van der Waals surface area contributed by atoms with E-state index in [2.05, 4.69) is 5.32 Å². The van der Waals surface area contributed by atoms with Crippen LogP contribution in [0, 0.1) is 0 Å². The van der Waals surface area contributed by atoms with Crippen LogP contribution in [-0.2, 0) is 16.1 Å². The molecular formula is C20H23NO4S. The average Bonchev–Trinajstić information content (AvgIpc) is 3.33. The van der Waals surface area contributed by atoms with Crippen LogP contribution < -0.4 is 10.1 Å². The number of benzene rings is 1. The highest BCUT2D eigenvalue weighted by atomic mass is 32.1. The maximum Gasteiger partial charge on any atom is 0.261 e. The Bertz CT molecular complexity index is 767. The fourth-order valence-electron chi connectivity index (χ4n) is 3.27. The van der Waals surface area contributed by atoms with Gasteiger partial charge >= 0.3 is 0 Å². The summed E-state index contributed by atoms with van der Waals surface area (Å²) in [5.74, 6) is 0.859. The van der Waals surface area contributed by atoms with E-state index in [0.717, 1.165) is 52.5 Å². The van der Waals surface area contributed by atoms with Gasteiger partial charge in [-0.25, -0.2) is 0 Å². The second kappa shape index (κ2) is 8.20. The molecule has 26 heavy (non-hydrogen) atoms. The molecule has 1 aromatic carbocycles. The van der Waals surface area contributed by atoms with Gasteiger partial charge in [0.1, 0.15) is 12.4 Å². The summed E-state index contributed by atoms with van der Waals surface area (Å²) in [7, 11) is 0. The number of hydrogen-bond donors (Lipinski definition) is 1. The molecule has 1 fully saturated rings. The summed E-state index contributed by atoms with van der Waals surface area (Å²) in [6, 6.07) is 9.91. The summed E-state index contributed by atoms with van der Waals surface area (Å²) >= 11 is 1.53. The lowest BCUT2D eigenvalue weighted by Gasteiger charge is -2.16. The Labute approximate surface area is 157 Å². The van der Waals surface area contributed by atoms with Crippen molar-refractivity contribution in [1.82, 2.24) is 5.32 Å². The van der Waals surface area contributed by atoms with Crippen molar-refractivity contribution in [1.29, 1.82) is 0 Å². The second-order valence-corrected chi connectivity index (χ2v) is 7.62. The van der Waals surface area contributed by atoms with Crippen molar-refractivity contribution in [2.75, 3.05) is 26.4 Å². The number of carbonyl (C=O) groups excluding carboxylic acids is 1. The van der Waals surface area contributed by atoms with Crippen LogP contribution in [0.2, 0.25) is 0 Å². The van der Waals surface area contributed by atoms with Gasteiger partial charge in [0.05, 0.1) is 17.6 Å². The number of nitrogens with one attached hydrogen (secondary N) is 1. The first kappa shape index (κ1) is 17.5. The number of thiophene rings is 1. The molecule has 0 aliphatic carbocycles. The molecule has 0 bridgehead atoms. The van der Waals surface area contributed by atoms with Gasteiger partial charge in [-0.3, -0.25) is 4.79 Å². The van der Waals surface area contributed by atoms with Crippen molar-refractivity contribution < 1.29 is 19.0 Å². The molecular weight excluding hydrogens is 350 g/mol. The summed E-state index contributed by atoms with van der Waals surface area (Å²) in [6.45, 7) is 3.28. The van der Waals surface area contributed by atoms with Crippen LogP contribution in [-0.4, -0.2) is 38.4 Å². The lowest BCUT2D eigenvalue weighted by atomic mass is 10.1. The molecule has 1 aromatic heterocycles. The fraction of sp³-hybridized carbons (Fsp3) is 0.450. The number of amides is 1. The van der Waals surface area contributed by atoms with E-state index in [1.54, 1.807) is 0 Å². The SMILES string of the molecule is O=C(NCCCOCC1CCCO1)c1cc2c(s1)-c1ccccc1OC2. The van der Waals surface area contributed by atoms with Crippen molar-refractivity contribution in [3.8, 4) is 16.2 Å². The molecule has 0 spiro atoms. The minimum absolute atomic E-state index is 0.0268. The van der Waals surface area contributed by atoms with Crippen molar-refractivity contribution in [2.45, 2.75) is 32.0 Å². The molecule has 138 valence electrons. The number of carbonyl (C=O) groups is 1. The molecule has 1 unspecified atom stereocenters. The van der Waals surface area contributed by atoms with Gasteiger partial charge in [-0.15, -0.1) is 11.3 Å². The molecule has 5 nitrogen and oxygen atoms in total. The average molecular weight is 373 g/mol. The summed E-state index contributed by atoms with van der Waals surface area (Å²) in [6.07, 6.45) is 3.28. The number of fused-ring (bicyclic) bond motifs is 3. The molecule has 0 radical (unpaired) electrons. The highest BCUT2D eigenvalue weighted by Gasteiger charge is 2.22. The molecule has 6 heteroatoms. The lowest BCUT2D eigenvalue weighted by Crippen LogP contribution is -2.25. The predicted molar refractivity (Wildman–Crippen MR) is 101 cm³/mol. The Kier molecular flexibility index (Phi) is 5.53. The van der Waals surface area contributed by atoms with E-state index in [1.165, 1.54) is 11.3 Å². The number of ether oxygens (including phenoxy) is 3. The van der Waals surface area contributed by atoms with Crippen LogP contribution >= 0.6 is 11.3 Å². The quantitative estimate of drug-likeness (QED) is 0.753. The third-order valence-electron chi connectivity index (χ3n) is 4.63. The number of para-hydroxylation sites is 1. The minimum atomic E-state index is -0.0268. The zero-order chi connectivity index (χ0) is 17.8. The third kappa shape index (κ3) is 3.92. The maximum absolute atomic E-state index is 12.4. The standard InChI is InChI=1S/C20H23NO4S/c22-20(21-8-4-9-23-13-15-5-3-10-24-15)18-11-14-12-25-17-7-2-1-6-16(17)19(14)26-18/h1-2,6-7,11,15H,3-5,8-10,12-13H2,(H,21,22). The van der Waals surface area contributed by atoms with E-state index in [1.807, 2.05) is 30.3 Å². The molecule has 2 aliphatic heterocycles. The molecule has 1 saturated heterocycles. The van der Waals surface area contributed by atoms with Gasteiger partial charge in [0.15, 0.2) is 0 Å². The first-order chi connectivity index (χ1) is 12.8. The zero-order valence-electron chi connectivity index (χ0n) is 14.7. The first-order valence-electron chi connectivity index (χ1n) is 9.14. The van der Waals surface area contributed by atoms with Crippen molar-refractivity contribution in [2.24, 2.45) is 0 Å². The van der Waals surface area contributed by atoms with Crippen LogP contribution in [0.25, 0.3) is 10.4 Å². The Morgan fingerprint density at radius 2 is 2.27 bits per heavy atom. The third-order valence-corrected chi connectivity index (χ3v) is 5.84. The second-order valence-electron chi connectivity index (χ2n) is 6.57. The van der Waals surface area contributed by atoms with Gasteiger partial charge in [0.2, 0.25) is 0 Å². The summed E-state index contributed by atoms with van der Waals surface area (Å²) in [5.41, 5.74) is 2.15. The number of hydrogen-bond acceptors (Lipinski definition) is 5. The lowest BCUT2D eigenvalue weighted by molar-refractivity contribution is 0.0166. The van der Waals surface area contributed by atoms with Gasteiger partial charge < -0.3 is 19.5 Å². The maximum atomic E-state index is 12.4. The summed E-state index contributed by atoms with van der Waals surface area (Å²) < 4.78 is 16.9. The highest BCUT2D eigenvalue weighted by Crippen LogP contribution is 2.42. The van der Waals surface area contributed by atoms with E-state index < -0.39 is 0 Å². The topological polar surface area (TPSA) is 56.8 Å². The van der Waals surface area contributed by atoms with Gasteiger partial charge in [-0.2, -0.15) is 0 Å². The molecule has 2 aromatic rings. The summed E-state index contributed by atoms with van der Waals surface area (Å²) in [4.78, 5) is 14.3. The van der Waals surface area contributed by atoms with Crippen LogP contribution in [0.3, 0.4) is 0 Å². The van der Waals surface area contributed by atoms with E-state index in [9.17, 15) is 4.79 Å². The van der Waals surface area contributed by atoms with Crippen LogP contribution in [0.5, 0.6) is 5.75 Å². The largest absolute Gasteiger partial charge is 0.488 e. The van der Waals surface area contributed by atoms with Crippen LogP contribution in [0.1, 0.15) is 34.5 Å². The Balaban J connectivity index is 1.25. The van der Waals surface area contributed by atoms with Gasteiger partial charge in [0.25, 0.3) is 5.91 Å². The van der Waals surface area contributed by atoms with E-state index in [4.69, 9.17) is 14.2 Å². The molecule has 0 saturated carbocycles. The molecule has 1 amide bonds. The van der Waals surface area contributed by atoms with Gasteiger partial charge in [-0.1, -0.05) is 12.1 Å².